The molecule has 10 atom stereocenters. The maximum Gasteiger partial charge on any atom is 0.103 e. The average Bonchev–Trinajstić information content (AvgIpc) is 2.71. The second kappa shape index (κ2) is 11.2. The Kier molecular flexibility index (Phi) is 9.27. The lowest BCUT2D eigenvalue weighted by atomic mass is 9.71. The Morgan fingerprint density at radius 3 is 2.38 bits per heavy atom. The molecule has 3 fully saturated rings. The first-order valence-electron chi connectivity index (χ1n) is 12.9. The van der Waals surface area contributed by atoms with Crippen molar-refractivity contribution in [1.82, 2.24) is 10.4 Å². The molecule has 0 spiro atoms. The maximum atomic E-state index is 14.8. The summed E-state index contributed by atoms with van der Waals surface area (Å²) in [5.41, 5.74) is 1.55. The third-order valence-electron chi connectivity index (χ3n) is 8.86. The number of nitrogens with one attached hydrogen (secondary N) is 2. The fraction of sp³-hybridized carbons (Fsp3) is 1.00. The number of rotatable bonds is 10. The fourth-order valence-electron chi connectivity index (χ4n) is 6.53. The second-order valence-electron chi connectivity index (χ2n) is 10.6. The Morgan fingerprint density at radius 2 is 1.69 bits per heavy atom. The molecule has 0 aromatic carbocycles. The summed E-state index contributed by atoms with van der Waals surface area (Å²) in [5, 5.41) is 7.65. The third-order valence-corrected chi connectivity index (χ3v) is 12.3. The predicted octanol–water partition coefficient (Wildman–Crippen LogP) is 6.74. The summed E-state index contributed by atoms with van der Waals surface area (Å²) in [5.74, 6) is 3.35. The highest BCUT2D eigenvalue weighted by molar-refractivity contribution is 7.58. The summed E-state index contributed by atoms with van der Waals surface area (Å²) in [6.07, 6.45) is 10.4. The van der Waals surface area contributed by atoms with E-state index in [2.05, 4.69) is 45.0 Å². The standard InChI is InChI=1S/C25H48FN2P/c1-6-17(3)20(16-27-7-2)15-18(4)19(5)29-25-22(12-10-14-24(25)28-29)21-11-8-9-13-23(21)26/h17-25,27-28H,6-16H2,1-5H3. The monoisotopic (exact) mass is 426 g/mol. The van der Waals surface area contributed by atoms with Crippen molar-refractivity contribution in [3.8, 4) is 0 Å². The molecular formula is C25H48FN2P. The molecule has 3 rings (SSSR count). The fourth-order valence-corrected chi connectivity index (χ4v) is 9.97. The zero-order valence-corrected chi connectivity index (χ0v) is 20.7. The summed E-state index contributed by atoms with van der Waals surface area (Å²) in [6.45, 7) is 14.2. The molecule has 0 amide bonds. The number of hydrogen-bond acceptors (Lipinski definition) is 2. The first kappa shape index (κ1) is 23.9. The molecule has 0 aromatic rings. The van der Waals surface area contributed by atoms with Gasteiger partial charge in [0.25, 0.3) is 0 Å². The Labute approximate surface area is 181 Å². The minimum atomic E-state index is -0.521. The predicted molar refractivity (Wildman–Crippen MR) is 127 cm³/mol. The van der Waals surface area contributed by atoms with Crippen LogP contribution >= 0.6 is 8.07 Å². The molecule has 4 heteroatoms. The van der Waals surface area contributed by atoms with Crippen LogP contribution in [-0.4, -0.2) is 36.6 Å². The molecule has 2 aliphatic carbocycles. The van der Waals surface area contributed by atoms with Crippen LogP contribution in [0.25, 0.3) is 0 Å². The summed E-state index contributed by atoms with van der Waals surface area (Å²) in [7, 11) is -0.143. The first-order chi connectivity index (χ1) is 14.0. The van der Waals surface area contributed by atoms with Crippen LogP contribution in [0.3, 0.4) is 0 Å². The summed E-state index contributed by atoms with van der Waals surface area (Å²) in [6, 6.07) is 0.704. The van der Waals surface area contributed by atoms with Gasteiger partial charge in [-0.3, -0.25) is 5.09 Å². The highest BCUT2D eigenvalue weighted by Crippen LogP contribution is 2.63. The van der Waals surface area contributed by atoms with Crippen LogP contribution in [-0.2, 0) is 0 Å². The molecule has 29 heavy (non-hydrogen) atoms. The Balaban J connectivity index is 1.62. The van der Waals surface area contributed by atoms with Gasteiger partial charge in [0.15, 0.2) is 0 Å². The van der Waals surface area contributed by atoms with E-state index < -0.39 is 6.17 Å². The Hall–Kier alpha value is 0.280. The molecule has 1 saturated heterocycles. The van der Waals surface area contributed by atoms with Gasteiger partial charge in [-0.05, 0) is 88.5 Å². The van der Waals surface area contributed by atoms with Gasteiger partial charge in [-0.1, -0.05) is 60.3 Å². The lowest BCUT2D eigenvalue weighted by Gasteiger charge is -2.58. The zero-order valence-electron chi connectivity index (χ0n) is 19.8. The summed E-state index contributed by atoms with van der Waals surface area (Å²) >= 11 is 0. The molecule has 1 aliphatic heterocycles. The molecule has 0 bridgehead atoms. The highest BCUT2D eigenvalue weighted by atomic mass is 31.1. The van der Waals surface area contributed by atoms with Gasteiger partial charge < -0.3 is 5.32 Å². The molecule has 0 radical (unpaired) electrons. The van der Waals surface area contributed by atoms with E-state index in [0.29, 0.717) is 17.9 Å². The van der Waals surface area contributed by atoms with Gasteiger partial charge in [0.2, 0.25) is 0 Å². The van der Waals surface area contributed by atoms with E-state index in [9.17, 15) is 4.39 Å². The van der Waals surface area contributed by atoms with Crippen LogP contribution in [0.2, 0.25) is 0 Å². The highest BCUT2D eigenvalue weighted by Gasteiger charge is 2.52. The van der Waals surface area contributed by atoms with Crippen molar-refractivity contribution < 1.29 is 4.39 Å². The third kappa shape index (κ3) is 5.56. The summed E-state index contributed by atoms with van der Waals surface area (Å²) < 4.78 is 14.8. The van der Waals surface area contributed by atoms with E-state index >= 15 is 0 Å². The van der Waals surface area contributed by atoms with E-state index in [0.717, 1.165) is 61.4 Å². The molecule has 3 aliphatic rings. The number of alkyl halides is 1. The molecule has 1 heterocycles. The van der Waals surface area contributed by atoms with Crippen molar-refractivity contribution in [2.45, 2.75) is 116 Å². The van der Waals surface area contributed by atoms with Gasteiger partial charge in [0, 0.05) is 11.7 Å². The van der Waals surface area contributed by atoms with Gasteiger partial charge in [-0.25, -0.2) is 4.39 Å². The van der Waals surface area contributed by atoms with Crippen molar-refractivity contribution in [3.63, 3.8) is 0 Å². The smallest absolute Gasteiger partial charge is 0.103 e. The van der Waals surface area contributed by atoms with Gasteiger partial charge in [0.05, 0.1) is 0 Å². The number of halogens is 1. The summed E-state index contributed by atoms with van der Waals surface area (Å²) in [4.78, 5) is 0. The van der Waals surface area contributed by atoms with Gasteiger partial charge in [0.1, 0.15) is 6.17 Å². The Bertz CT molecular complexity index is 489. The first-order valence-corrected chi connectivity index (χ1v) is 14.3. The molecule has 10 unspecified atom stereocenters. The van der Waals surface area contributed by atoms with Crippen molar-refractivity contribution >= 4 is 8.07 Å². The van der Waals surface area contributed by atoms with E-state index in [1.807, 2.05) is 0 Å². The van der Waals surface area contributed by atoms with Crippen molar-refractivity contribution in [3.05, 3.63) is 0 Å². The topological polar surface area (TPSA) is 24.1 Å². The van der Waals surface area contributed by atoms with Crippen LogP contribution in [0.15, 0.2) is 0 Å². The molecule has 2 saturated carbocycles. The lowest BCUT2D eigenvalue weighted by molar-refractivity contribution is 0.0824. The van der Waals surface area contributed by atoms with Gasteiger partial charge in [-0.2, -0.15) is 0 Å². The molecule has 2 N–H and O–H groups in total. The van der Waals surface area contributed by atoms with E-state index in [1.54, 1.807) is 0 Å². The zero-order chi connectivity index (χ0) is 21.0. The van der Waals surface area contributed by atoms with Crippen LogP contribution in [0, 0.1) is 29.6 Å². The minimum absolute atomic E-state index is 0.143. The maximum absolute atomic E-state index is 14.8. The van der Waals surface area contributed by atoms with Crippen LogP contribution in [0.1, 0.15) is 92.4 Å². The van der Waals surface area contributed by atoms with Crippen LogP contribution in [0.4, 0.5) is 4.39 Å². The van der Waals surface area contributed by atoms with E-state index in [1.165, 1.54) is 38.5 Å². The minimum Gasteiger partial charge on any atom is -0.317 e. The lowest BCUT2D eigenvalue weighted by Crippen LogP contribution is -2.59. The molecule has 0 aromatic heterocycles. The second-order valence-corrected chi connectivity index (χ2v) is 13.1. The largest absolute Gasteiger partial charge is 0.317 e. The van der Waals surface area contributed by atoms with Gasteiger partial charge >= 0.3 is 0 Å². The number of fused-ring (bicyclic) bond motifs is 1. The molecular weight excluding hydrogens is 378 g/mol. The quantitative estimate of drug-likeness (QED) is 0.378. The van der Waals surface area contributed by atoms with E-state index in [4.69, 9.17) is 0 Å². The average molecular weight is 427 g/mol. The van der Waals surface area contributed by atoms with Crippen LogP contribution < -0.4 is 10.4 Å². The SMILES string of the molecule is CCNCC(CC(C)C(C)P1NC2CCCC(C3CCCCC3F)C21)C(C)CC. The van der Waals surface area contributed by atoms with Crippen molar-refractivity contribution in [2.75, 3.05) is 13.1 Å². The molecule has 2 nitrogen and oxygen atoms in total. The number of hydrogen-bond donors (Lipinski definition) is 2. The van der Waals surface area contributed by atoms with Crippen molar-refractivity contribution in [2.24, 2.45) is 29.6 Å². The molecule has 170 valence electrons. The van der Waals surface area contributed by atoms with Crippen molar-refractivity contribution in [1.29, 1.82) is 0 Å². The van der Waals surface area contributed by atoms with E-state index in [-0.39, 0.29) is 8.07 Å². The Morgan fingerprint density at radius 1 is 0.966 bits per heavy atom. The van der Waals surface area contributed by atoms with Crippen LogP contribution in [0.5, 0.6) is 0 Å². The van der Waals surface area contributed by atoms with Gasteiger partial charge in [-0.15, -0.1) is 0 Å². The normalized spacial score (nSPS) is 39.1.